The van der Waals surface area contributed by atoms with E-state index in [-0.39, 0.29) is 29.6 Å². The van der Waals surface area contributed by atoms with Crippen LogP contribution in [0.15, 0.2) is 62.9 Å². The summed E-state index contributed by atoms with van der Waals surface area (Å²) in [7, 11) is -2.20. The first-order valence-electron chi connectivity index (χ1n) is 10.1. The number of hydrogen-bond donors (Lipinski definition) is 0. The summed E-state index contributed by atoms with van der Waals surface area (Å²) >= 11 is 0. The van der Waals surface area contributed by atoms with Crippen LogP contribution in [-0.4, -0.2) is 63.0 Å². The van der Waals surface area contributed by atoms with Gasteiger partial charge < -0.3 is 9.64 Å². The van der Waals surface area contributed by atoms with Crippen LogP contribution in [0.4, 0.5) is 0 Å². The predicted molar refractivity (Wildman–Crippen MR) is 120 cm³/mol. The minimum Gasteiger partial charge on any atom is -0.497 e. The molecule has 1 aliphatic rings. The van der Waals surface area contributed by atoms with Gasteiger partial charge in [0, 0.05) is 25.1 Å². The summed E-state index contributed by atoms with van der Waals surface area (Å²) in [5, 5.41) is 5.96. The van der Waals surface area contributed by atoms with E-state index in [1.807, 2.05) is 38.1 Å². The third-order valence-corrected chi connectivity index (χ3v) is 6.30. The van der Waals surface area contributed by atoms with Gasteiger partial charge in [-0.15, -0.1) is 4.40 Å². The van der Waals surface area contributed by atoms with Crippen LogP contribution in [0, 0.1) is 0 Å². The number of benzene rings is 2. The van der Waals surface area contributed by atoms with Crippen molar-refractivity contribution in [3.63, 3.8) is 0 Å². The molecular weight excluding hydrogens is 416 g/mol. The van der Waals surface area contributed by atoms with Gasteiger partial charge in [-0.05, 0) is 55.8 Å². The lowest BCUT2D eigenvalue weighted by Gasteiger charge is -2.22. The summed E-state index contributed by atoms with van der Waals surface area (Å²) in [6.07, 6.45) is 1.79. The van der Waals surface area contributed by atoms with Crippen molar-refractivity contribution in [2.45, 2.75) is 25.2 Å². The fraction of sp³-hybridized carbons (Fsp3) is 0.318. The zero-order valence-corrected chi connectivity index (χ0v) is 18.7. The Bertz CT molecular complexity index is 1090. The fourth-order valence-electron chi connectivity index (χ4n) is 3.26. The molecule has 3 rings (SSSR count). The molecule has 0 fully saturated rings. The Morgan fingerprint density at radius 3 is 2.42 bits per heavy atom. The average Bonchev–Trinajstić information content (AvgIpc) is 3.06. The fourth-order valence-corrected chi connectivity index (χ4v) is 4.46. The summed E-state index contributed by atoms with van der Waals surface area (Å²) < 4.78 is 34.1. The molecule has 0 aromatic heterocycles. The van der Waals surface area contributed by atoms with Crippen LogP contribution in [0.2, 0.25) is 0 Å². The number of carbonyl (C=O) groups excluding carboxylic acids is 1. The van der Waals surface area contributed by atoms with Crippen molar-refractivity contribution in [3.8, 4) is 5.75 Å². The molecule has 1 amide bonds. The summed E-state index contributed by atoms with van der Waals surface area (Å²) in [6, 6.07) is 13.9. The maximum atomic E-state index is 12.5. The van der Waals surface area contributed by atoms with Crippen molar-refractivity contribution in [2.24, 2.45) is 9.50 Å². The normalized spacial score (nSPS) is 14.2. The van der Waals surface area contributed by atoms with Crippen LogP contribution in [0.1, 0.15) is 31.4 Å². The van der Waals surface area contributed by atoms with Crippen molar-refractivity contribution in [2.75, 3.05) is 26.7 Å². The van der Waals surface area contributed by atoms with E-state index in [0.29, 0.717) is 18.7 Å². The van der Waals surface area contributed by atoms with E-state index < -0.39 is 10.0 Å². The summed E-state index contributed by atoms with van der Waals surface area (Å²) in [5.41, 5.74) is 1.28. The highest BCUT2D eigenvalue weighted by molar-refractivity contribution is 7.90. The predicted octanol–water partition coefficient (Wildman–Crippen LogP) is 2.74. The zero-order valence-electron chi connectivity index (χ0n) is 17.9. The monoisotopic (exact) mass is 442 g/mol. The number of sulfonamides is 1. The Labute approximate surface area is 182 Å². The number of hydrazone groups is 1. The second kappa shape index (κ2) is 9.74. The number of amides is 1. The van der Waals surface area contributed by atoms with E-state index in [1.54, 1.807) is 36.4 Å². The SMILES string of the molecule is CCN(CC)C(=O)CCN(N=Cc1ccc(OC)cc1)C1=NS(=O)(=O)c2ccccc21. The largest absolute Gasteiger partial charge is 0.497 e. The molecular formula is C22H26N4O4S. The third kappa shape index (κ3) is 5.11. The molecule has 0 bridgehead atoms. The van der Waals surface area contributed by atoms with Crippen molar-refractivity contribution in [3.05, 3.63) is 59.7 Å². The Kier molecular flexibility index (Phi) is 7.06. The summed E-state index contributed by atoms with van der Waals surface area (Å²) in [4.78, 5) is 14.4. The molecule has 0 unspecified atom stereocenters. The molecule has 0 spiro atoms. The minimum absolute atomic E-state index is 0.0237. The molecule has 0 radical (unpaired) electrons. The first kappa shape index (κ1) is 22.5. The van der Waals surface area contributed by atoms with Gasteiger partial charge in [0.05, 0.1) is 19.9 Å². The van der Waals surface area contributed by atoms with Gasteiger partial charge in [0.15, 0.2) is 5.84 Å². The van der Waals surface area contributed by atoms with Crippen LogP contribution in [0.5, 0.6) is 5.75 Å². The van der Waals surface area contributed by atoms with E-state index in [2.05, 4.69) is 9.50 Å². The van der Waals surface area contributed by atoms with Gasteiger partial charge in [-0.1, -0.05) is 12.1 Å². The van der Waals surface area contributed by atoms with E-state index in [0.717, 1.165) is 11.3 Å². The molecule has 2 aromatic rings. The molecule has 164 valence electrons. The summed E-state index contributed by atoms with van der Waals surface area (Å²) in [5.74, 6) is 0.913. The molecule has 9 heteroatoms. The standard InChI is InChI=1S/C22H26N4O4S/c1-4-25(5-2)21(27)14-15-26(23-16-17-10-12-18(30-3)13-11-17)22-19-8-6-7-9-20(19)31(28,29)24-22/h6-13,16H,4-5,14-15H2,1-3H3. The lowest BCUT2D eigenvalue weighted by atomic mass is 10.2. The van der Waals surface area contributed by atoms with Gasteiger partial charge in [0.25, 0.3) is 10.0 Å². The highest BCUT2D eigenvalue weighted by atomic mass is 32.2. The van der Waals surface area contributed by atoms with Gasteiger partial charge in [0.1, 0.15) is 10.6 Å². The van der Waals surface area contributed by atoms with Gasteiger partial charge in [-0.2, -0.15) is 13.5 Å². The highest BCUT2D eigenvalue weighted by Crippen LogP contribution is 2.27. The molecule has 0 aliphatic carbocycles. The molecule has 0 atom stereocenters. The quantitative estimate of drug-likeness (QED) is 0.463. The number of nitrogens with zero attached hydrogens (tertiary/aromatic N) is 4. The number of carbonyl (C=O) groups is 1. The third-order valence-electron chi connectivity index (χ3n) is 4.97. The van der Waals surface area contributed by atoms with Gasteiger partial charge in [-0.25, -0.2) is 5.01 Å². The topological polar surface area (TPSA) is 91.6 Å². The molecule has 8 nitrogen and oxygen atoms in total. The lowest BCUT2D eigenvalue weighted by Crippen LogP contribution is -2.35. The van der Waals surface area contributed by atoms with E-state index in [9.17, 15) is 13.2 Å². The molecule has 0 saturated carbocycles. The van der Waals surface area contributed by atoms with Gasteiger partial charge >= 0.3 is 0 Å². The molecule has 31 heavy (non-hydrogen) atoms. The minimum atomic E-state index is -3.80. The van der Waals surface area contributed by atoms with E-state index in [4.69, 9.17) is 4.74 Å². The maximum Gasteiger partial charge on any atom is 0.285 e. The van der Waals surface area contributed by atoms with E-state index >= 15 is 0 Å². The number of fused-ring (bicyclic) bond motifs is 1. The van der Waals surface area contributed by atoms with Gasteiger partial charge in [-0.3, -0.25) is 4.79 Å². The molecule has 1 heterocycles. The van der Waals surface area contributed by atoms with Crippen LogP contribution in [0.3, 0.4) is 0 Å². The number of amidine groups is 1. The number of methoxy groups -OCH3 is 1. The van der Waals surface area contributed by atoms with Crippen molar-refractivity contribution in [1.29, 1.82) is 0 Å². The molecule has 0 saturated heterocycles. The Balaban J connectivity index is 1.91. The maximum absolute atomic E-state index is 12.5. The van der Waals surface area contributed by atoms with Crippen molar-refractivity contribution < 1.29 is 17.9 Å². The molecule has 2 aromatic carbocycles. The van der Waals surface area contributed by atoms with Gasteiger partial charge in [0.2, 0.25) is 5.91 Å². The highest BCUT2D eigenvalue weighted by Gasteiger charge is 2.32. The van der Waals surface area contributed by atoms with Crippen LogP contribution >= 0.6 is 0 Å². The zero-order chi connectivity index (χ0) is 22.4. The smallest absolute Gasteiger partial charge is 0.285 e. The van der Waals surface area contributed by atoms with Crippen molar-refractivity contribution >= 4 is 28.0 Å². The Morgan fingerprint density at radius 2 is 1.77 bits per heavy atom. The number of hydrogen-bond acceptors (Lipinski definition) is 6. The second-order valence-electron chi connectivity index (χ2n) is 6.84. The van der Waals surface area contributed by atoms with E-state index in [1.165, 1.54) is 11.1 Å². The lowest BCUT2D eigenvalue weighted by molar-refractivity contribution is -0.130. The second-order valence-corrected chi connectivity index (χ2v) is 8.42. The first-order chi connectivity index (χ1) is 14.9. The van der Waals surface area contributed by atoms with Crippen molar-refractivity contribution in [1.82, 2.24) is 9.91 Å². The molecule has 0 N–H and O–H groups in total. The number of ether oxygens (including phenoxy) is 1. The van der Waals surface area contributed by atoms with Crippen LogP contribution in [0.25, 0.3) is 0 Å². The molecule has 1 aliphatic heterocycles. The number of rotatable bonds is 8. The van der Waals surface area contributed by atoms with Crippen LogP contribution < -0.4 is 4.74 Å². The first-order valence-corrected chi connectivity index (χ1v) is 11.5. The summed E-state index contributed by atoms with van der Waals surface area (Å²) in [6.45, 7) is 5.27. The Hall–Kier alpha value is -3.20. The Morgan fingerprint density at radius 1 is 1.10 bits per heavy atom. The average molecular weight is 443 g/mol. The van der Waals surface area contributed by atoms with Crippen LogP contribution in [-0.2, 0) is 14.8 Å².